The zero-order chi connectivity index (χ0) is 12.7. The summed E-state index contributed by atoms with van der Waals surface area (Å²) in [5.74, 6) is 0. The maximum Gasteiger partial charge on any atom is 0.261 e. The Morgan fingerprint density at radius 1 is 1.41 bits per heavy atom. The maximum atomic E-state index is 11.7. The number of alkyl halides is 2. The molecule has 1 aromatic rings. The molecule has 96 valence electrons. The molecule has 1 N–H and O–H groups in total. The Hall–Kier alpha value is -0.710. The van der Waals surface area contributed by atoms with E-state index >= 15 is 0 Å². The van der Waals surface area contributed by atoms with Gasteiger partial charge in [0.2, 0.25) is 0 Å². The normalized spacial score (nSPS) is 11.1. The smallest absolute Gasteiger partial charge is 0.261 e. The van der Waals surface area contributed by atoms with Gasteiger partial charge in [0.1, 0.15) is 6.61 Å². The predicted molar refractivity (Wildman–Crippen MR) is 64.7 cm³/mol. The highest BCUT2D eigenvalue weighted by atomic mass is 35.5. The van der Waals surface area contributed by atoms with E-state index in [1.54, 1.807) is 0 Å². The minimum absolute atomic E-state index is 0.289. The number of benzene rings is 1. The summed E-state index contributed by atoms with van der Waals surface area (Å²) < 4.78 is 28.2. The average molecular weight is 264 g/mol. The summed E-state index contributed by atoms with van der Waals surface area (Å²) in [5, 5.41) is 3.84. The molecule has 0 aliphatic carbocycles. The Morgan fingerprint density at radius 3 is 2.82 bits per heavy atom. The Balaban J connectivity index is 2.18. The number of nitrogens with one attached hydrogen (secondary N) is 1. The van der Waals surface area contributed by atoms with E-state index in [1.165, 1.54) is 0 Å². The molecule has 0 aliphatic heterocycles. The highest BCUT2D eigenvalue weighted by Gasteiger charge is 2.01. The molecule has 0 heterocycles. The van der Waals surface area contributed by atoms with Crippen LogP contribution in [-0.2, 0) is 11.3 Å². The molecule has 0 unspecified atom stereocenters. The molecule has 1 rings (SSSR count). The third kappa shape index (κ3) is 5.96. The minimum atomic E-state index is -2.39. The highest BCUT2D eigenvalue weighted by Crippen LogP contribution is 2.14. The van der Waals surface area contributed by atoms with Crippen LogP contribution in [-0.4, -0.2) is 26.2 Å². The van der Waals surface area contributed by atoms with Gasteiger partial charge in [0, 0.05) is 18.1 Å². The summed E-state index contributed by atoms with van der Waals surface area (Å²) in [7, 11) is 0. The van der Waals surface area contributed by atoms with Crippen LogP contribution >= 0.6 is 11.6 Å². The highest BCUT2D eigenvalue weighted by molar-refractivity contribution is 6.30. The molecular weight excluding hydrogens is 248 g/mol. The molecule has 0 saturated heterocycles. The van der Waals surface area contributed by atoms with Crippen LogP contribution < -0.4 is 5.32 Å². The molecule has 5 heteroatoms. The van der Waals surface area contributed by atoms with Crippen molar-refractivity contribution in [1.82, 2.24) is 5.32 Å². The second-order valence-corrected chi connectivity index (χ2v) is 4.15. The monoisotopic (exact) mass is 263 g/mol. The summed E-state index contributed by atoms with van der Waals surface area (Å²) >= 11 is 5.84. The molecule has 0 aliphatic rings. The summed E-state index contributed by atoms with van der Waals surface area (Å²) in [6.07, 6.45) is -2.39. The van der Waals surface area contributed by atoms with Gasteiger partial charge in [-0.3, -0.25) is 0 Å². The fraction of sp³-hybridized carbons (Fsp3) is 0.500. The van der Waals surface area contributed by atoms with Gasteiger partial charge < -0.3 is 10.1 Å². The molecule has 2 nitrogen and oxygen atoms in total. The van der Waals surface area contributed by atoms with Gasteiger partial charge in [-0.1, -0.05) is 17.7 Å². The van der Waals surface area contributed by atoms with Gasteiger partial charge in [0.25, 0.3) is 6.43 Å². The zero-order valence-corrected chi connectivity index (χ0v) is 10.4. The number of hydrogen-bond donors (Lipinski definition) is 1. The van der Waals surface area contributed by atoms with E-state index in [4.69, 9.17) is 16.3 Å². The molecule has 17 heavy (non-hydrogen) atoms. The average Bonchev–Trinajstić information content (AvgIpc) is 2.25. The summed E-state index contributed by atoms with van der Waals surface area (Å²) in [4.78, 5) is 0. The zero-order valence-electron chi connectivity index (χ0n) is 9.68. The van der Waals surface area contributed by atoms with Gasteiger partial charge in [-0.15, -0.1) is 0 Å². The Morgan fingerprint density at radius 2 is 2.18 bits per heavy atom. The van der Waals surface area contributed by atoms with Crippen LogP contribution in [0.1, 0.15) is 11.1 Å². The van der Waals surface area contributed by atoms with E-state index in [1.807, 2.05) is 25.1 Å². The lowest BCUT2D eigenvalue weighted by Crippen LogP contribution is -2.21. The number of aryl methyl sites for hydroxylation is 1. The van der Waals surface area contributed by atoms with Crippen molar-refractivity contribution in [2.75, 3.05) is 19.8 Å². The van der Waals surface area contributed by atoms with Crippen molar-refractivity contribution in [3.05, 3.63) is 34.3 Å². The van der Waals surface area contributed by atoms with Crippen LogP contribution in [0.2, 0.25) is 5.02 Å². The van der Waals surface area contributed by atoms with Gasteiger partial charge in [0.05, 0.1) is 6.61 Å². The Labute approximate surface area is 105 Å². The molecule has 0 saturated carbocycles. The summed E-state index contributed by atoms with van der Waals surface area (Å²) in [5.41, 5.74) is 2.25. The summed E-state index contributed by atoms with van der Waals surface area (Å²) in [6.45, 7) is 3.00. The lowest BCUT2D eigenvalue weighted by Gasteiger charge is -2.08. The lowest BCUT2D eigenvalue weighted by atomic mass is 10.1. The molecule has 1 aromatic carbocycles. The first-order chi connectivity index (χ1) is 8.09. The van der Waals surface area contributed by atoms with Crippen molar-refractivity contribution >= 4 is 11.6 Å². The van der Waals surface area contributed by atoms with Gasteiger partial charge in [0.15, 0.2) is 0 Å². The van der Waals surface area contributed by atoms with E-state index in [-0.39, 0.29) is 6.61 Å². The molecule has 0 amide bonds. The van der Waals surface area contributed by atoms with Crippen molar-refractivity contribution in [3.8, 4) is 0 Å². The fourth-order valence-corrected chi connectivity index (χ4v) is 1.62. The Bertz CT molecular complexity index is 347. The second kappa shape index (κ2) is 7.58. The van der Waals surface area contributed by atoms with Crippen LogP contribution in [0, 0.1) is 6.92 Å². The van der Waals surface area contributed by atoms with Crippen LogP contribution in [0.25, 0.3) is 0 Å². The number of halogens is 3. The number of hydrogen-bond acceptors (Lipinski definition) is 2. The van der Waals surface area contributed by atoms with Gasteiger partial charge in [-0.05, 0) is 30.2 Å². The van der Waals surface area contributed by atoms with Crippen LogP contribution in [0.4, 0.5) is 8.78 Å². The first-order valence-electron chi connectivity index (χ1n) is 5.41. The van der Waals surface area contributed by atoms with Gasteiger partial charge in [-0.25, -0.2) is 8.78 Å². The topological polar surface area (TPSA) is 21.3 Å². The lowest BCUT2D eigenvalue weighted by molar-refractivity contribution is 0.0187. The third-order valence-electron chi connectivity index (χ3n) is 2.29. The standard InChI is InChI=1S/C12H16ClF2NO/c1-9-6-11(13)3-2-10(9)7-16-4-5-17-8-12(14)15/h2-3,6,12,16H,4-5,7-8H2,1H3. The van der Waals surface area contributed by atoms with Crippen LogP contribution in [0.15, 0.2) is 18.2 Å². The van der Waals surface area contributed by atoms with Crippen molar-refractivity contribution in [3.63, 3.8) is 0 Å². The number of ether oxygens (including phenoxy) is 1. The predicted octanol–water partition coefficient (Wildman–Crippen LogP) is 3.02. The van der Waals surface area contributed by atoms with Crippen molar-refractivity contribution in [2.24, 2.45) is 0 Å². The van der Waals surface area contributed by atoms with Crippen molar-refractivity contribution < 1.29 is 13.5 Å². The van der Waals surface area contributed by atoms with E-state index < -0.39 is 13.0 Å². The van der Waals surface area contributed by atoms with Crippen LogP contribution in [0.5, 0.6) is 0 Å². The fourth-order valence-electron chi connectivity index (χ4n) is 1.40. The van der Waals surface area contributed by atoms with Gasteiger partial charge >= 0.3 is 0 Å². The molecule has 0 bridgehead atoms. The van der Waals surface area contributed by atoms with Gasteiger partial charge in [-0.2, -0.15) is 0 Å². The molecule has 0 spiro atoms. The first-order valence-corrected chi connectivity index (χ1v) is 5.79. The van der Waals surface area contributed by atoms with E-state index in [0.29, 0.717) is 18.1 Å². The maximum absolute atomic E-state index is 11.7. The van der Waals surface area contributed by atoms with E-state index in [0.717, 1.165) is 11.1 Å². The van der Waals surface area contributed by atoms with Crippen molar-refractivity contribution in [2.45, 2.75) is 19.9 Å². The van der Waals surface area contributed by atoms with Crippen LogP contribution in [0.3, 0.4) is 0 Å². The molecule has 0 atom stereocenters. The number of rotatable bonds is 7. The van der Waals surface area contributed by atoms with Crippen molar-refractivity contribution in [1.29, 1.82) is 0 Å². The molecule has 0 aromatic heterocycles. The quantitative estimate of drug-likeness (QED) is 0.764. The molecule has 0 radical (unpaired) electrons. The SMILES string of the molecule is Cc1cc(Cl)ccc1CNCCOCC(F)F. The molecular formula is C12H16ClF2NO. The Kier molecular flexibility index (Phi) is 6.40. The summed E-state index contributed by atoms with van der Waals surface area (Å²) in [6, 6.07) is 5.68. The minimum Gasteiger partial charge on any atom is -0.374 e. The van der Waals surface area contributed by atoms with E-state index in [2.05, 4.69) is 5.32 Å². The second-order valence-electron chi connectivity index (χ2n) is 3.71. The first kappa shape index (κ1) is 14.4. The van der Waals surface area contributed by atoms with E-state index in [9.17, 15) is 8.78 Å². The largest absolute Gasteiger partial charge is 0.374 e. The third-order valence-corrected chi connectivity index (χ3v) is 2.52. The molecule has 0 fully saturated rings.